The number of amides is 1. The van der Waals surface area contributed by atoms with Crippen molar-refractivity contribution < 1.29 is 23.4 Å². The zero-order chi connectivity index (χ0) is 27.9. The van der Waals surface area contributed by atoms with Crippen LogP contribution in [-0.4, -0.2) is 29.2 Å². The Hall–Kier alpha value is -3.00. The molecule has 1 heterocycles. The van der Waals surface area contributed by atoms with Crippen LogP contribution in [0.1, 0.15) is 66.6 Å². The van der Waals surface area contributed by atoms with Crippen molar-refractivity contribution in [2.75, 3.05) is 6.54 Å². The van der Waals surface area contributed by atoms with Crippen LogP contribution in [0.25, 0.3) is 11.1 Å². The standard InChI is InChI=1S/C31H33ClF2N2O3/c1-3-18-9-10-21(29(35)37)26(28(18)34)25-22-16-31(19-7-5-4-6-8-19,39-24(22)15-23(33)27(25)32)17-36-20-11-13-30(2,38)14-12-20/h4-10,15,20,36,38H,3,11-14,16-17H2,1-2H3,(H2,35,37)/t20-,30+,31-/m1/s1. The Morgan fingerprint density at radius 3 is 2.49 bits per heavy atom. The number of fused-ring (bicyclic) bond motifs is 1. The average molecular weight is 555 g/mol. The fourth-order valence-electron chi connectivity index (χ4n) is 5.90. The van der Waals surface area contributed by atoms with Gasteiger partial charge in [0.2, 0.25) is 5.91 Å². The third kappa shape index (κ3) is 5.15. The van der Waals surface area contributed by atoms with Gasteiger partial charge in [0.15, 0.2) is 5.60 Å². The smallest absolute Gasteiger partial charge is 0.249 e. The van der Waals surface area contributed by atoms with Crippen LogP contribution in [0.4, 0.5) is 8.78 Å². The monoisotopic (exact) mass is 554 g/mol. The van der Waals surface area contributed by atoms with Crippen molar-refractivity contribution in [1.29, 1.82) is 0 Å². The van der Waals surface area contributed by atoms with Gasteiger partial charge in [-0.1, -0.05) is 54.9 Å². The van der Waals surface area contributed by atoms with Gasteiger partial charge >= 0.3 is 0 Å². The lowest BCUT2D eigenvalue weighted by Crippen LogP contribution is -2.48. The summed E-state index contributed by atoms with van der Waals surface area (Å²) in [5, 5.41) is 13.7. The fraction of sp³-hybridized carbons (Fsp3) is 0.387. The topological polar surface area (TPSA) is 84.6 Å². The van der Waals surface area contributed by atoms with Gasteiger partial charge in [-0.2, -0.15) is 0 Å². The molecule has 8 heteroatoms. The minimum Gasteiger partial charge on any atom is -0.480 e. The van der Waals surface area contributed by atoms with Gasteiger partial charge in [0.1, 0.15) is 17.4 Å². The molecule has 3 aromatic rings. The second-order valence-electron chi connectivity index (χ2n) is 11.0. The number of halogens is 3. The Balaban J connectivity index is 1.61. The Kier molecular flexibility index (Phi) is 7.44. The van der Waals surface area contributed by atoms with E-state index in [1.165, 1.54) is 18.2 Å². The lowest BCUT2D eigenvalue weighted by atomic mass is 9.82. The summed E-state index contributed by atoms with van der Waals surface area (Å²) < 4.78 is 37.7. The summed E-state index contributed by atoms with van der Waals surface area (Å²) in [6, 6.07) is 14.0. The molecule has 1 amide bonds. The Bertz CT molecular complexity index is 1400. The first-order valence-corrected chi connectivity index (χ1v) is 13.8. The maximum atomic E-state index is 15.9. The predicted molar refractivity (Wildman–Crippen MR) is 148 cm³/mol. The lowest BCUT2D eigenvalue weighted by Gasteiger charge is -2.36. The first kappa shape index (κ1) is 27.6. The zero-order valence-electron chi connectivity index (χ0n) is 22.1. The fourth-order valence-corrected chi connectivity index (χ4v) is 6.16. The van der Waals surface area contributed by atoms with Gasteiger partial charge in [-0.15, -0.1) is 0 Å². The first-order chi connectivity index (χ1) is 18.5. The van der Waals surface area contributed by atoms with Crippen LogP contribution in [0.15, 0.2) is 48.5 Å². The van der Waals surface area contributed by atoms with Crippen molar-refractivity contribution in [2.45, 2.75) is 69.6 Å². The summed E-state index contributed by atoms with van der Waals surface area (Å²) in [5.74, 6) is -1.99. The average Bonchev–Trinajstić information content (AvgIpc) is 3.28. The van der Waals surface area contributed by atoms with Gasteiger partial charge in [-0.25, -0.2) is 8.78 Å². The molecule has 0 unspecified atom stereocenters. The molecule has 0 spiro atoms. The number of ether oxygens (including phenoxy) is 1. The van der Waals surface area contributed by atoms with E-state index in [1.807, 2.05) is 37.3 Å². The molecule has 4 N–H and O–H groups in total. The second kappa shape index (κ2) is 10.5. The molecule has 5 rings (SSSR count). The van der Waals surface area contributed by atoms with Crippen molar-refractivity contribution in [3.8, 4) is 16.9 Å². The van der Waals surface area contributed by atoms with Crippen molar-refractivity contribution in [1.82, 2.24) is 5.32 Å². The maximum Gasteiger partial charge on any atom is 0.249 e. The van der Waals surface area contributed by atoms with E-state index in [2.05, 4.69) is 5.32 Å². The van der Waals surface area contributed by atoms with E-state index >= 15 is 8.78 Å². The van der Waals surface area contributed by atoms with E-state index < -0.39 is 28.7 Å². The Morgan fingerprint density at radius 1 is 1.15 bits per heavy atom. The largest absolute Gasteiger partial charge is 0.480 e. The molecule has 1 aliphatic carbocycles. The maximum absolute atomic E-state index is 15.9. The van der Waals surface area contributed by atoms with Gasteiger partial charge in [0.25, 0.3) is 0 Å². The molecule has 3 aromatic carbocycles. The van der Waals surface area contributed by atoms with Crippen LogP contribution in [0.2, 0.25) is 5.02 Å². The quantitative estimate of drug-likeness (QED) is 0.331. The number of carbonyl (C=O) groups excluding carboxylic acids is 1. The number of nitrogens with one attached hydrogen (secondary N) is 1. The highest BCUT2D eigenvalue weighted by Gasteiger charge is 2.44. The summed E-state index contributed by atoms with van der Waals surface area (Å²) in [4.78, 5) is 12.4. The number of benzene rings is 3. The summed E-state index contributed by atoms with van der Waals surface area (Å²) in [7, 11) is 0. The molecule has 1 atom stereocenters. The number of hydrogen-bond donors (Lipinski definition) is 3. The van der Waals surface area contributed by atoms with Gasteiger partial charge < -0.3 is 20.9 Å². The van der Waals surface area contributed by atoms with Crippen LogP contribution < -0.4 is 15.8 Å². The minimum atomic E-state index is -0.929. The van der Waals surface area contributed by atoms with Crippen LogP contribution >= 0.6 is 11.6 Å². The van der Waals surface area contributed by atoms with Gasteiger partial charge in [-0.3, -0.25) is 4.79 Å². The molecule has 2 aliphatic rings. The molecule has 1 fully saturated rings. The SMILES string of the molecule is CCc1ccc(C(N)=O)c(-c2c(Cl)c(F)cc3c2C[C@@](CN[C@H]2CC[C@@](C)(O)CC2)(c2ccccc2)O3)c1F. The van der Waals surface area contributed by atoms with Crippen molar-refractivity contribution in [3.05, 3.63) is 87.4 Å². The molecule has 1 saturated carbocycles. The first-order valence-electron chi connectivity index (χ1n) is 13.4. The highest BCUT2D eigenvalue weighted by Crippen LogP contribution is 2.50. The molecule has 0 saturated heterocycles. The van der Waals surface area contributed by atoms with Crippen molar-refractivity contribution >= 4 is 17.5 Å². The third-order valence-corrected chi connectivity index (χ3v) is 8.58. The predicted octanol–water partition coefficient (Wildman–Crippen LogP) is 6.06. The molecular formula is C31H33ClF2N2O3. The summed E-state index contributed by atoms with van der Waals surface area (Å²) >= 11 is 6.53. The third-order valence-electron chi connectivity index (χ3n) is 8.21. The van der Waals surface area contributed by atoms with Crippen LogP contribution in [0, 0.1) is 11.6 Å². The molecule has 5 nitrogen and oxygen atoms in total. The van der Waals surface area contributed by atoms with Crippen molar-refractivity contribution in [2.24, 2.45) is 5.73 Å². The van der Waals surface area contributed by atoms with Crippen LogP contribution in [0.3, 0.4) is 0 Å². The van der Waals surface area contributed by atoms with E-state index in [4.69, 9.17) is 22.1 Å². The number of carbonyl (C=O) groups is 1. The highest BCUT2D eigenvalue weighted by molar-refractivity contribution is 6.34. The van der Waals surface area contributed by atoms with E-state index in [9.17, 15) is 9.90 Å². The van der Waals surface area contributed by atoms with Crippen LogP contribution in [0.5, 0.6) is 5.75 Å². The van der Waals surface area contributed by atoms with Crippen molar-refractivity contribution in [3.63, 3.8) is 0 Å². The highest BCUT2D eigenvalue weighted by atomic mass is 35.5. The molecular weight excluding hydrogens is 522 g/mol. The molecule has 1 aliphatic heterocycles. The minimum absolute atomic E-state index is 0.0657. The molecule has 39 heavy (non-hydrogen) atoms. The van der Waals surface area contributed by atoms with Gasteiger partial charge in [-0.05, 0) is 56.2 Å². The molecule has 0 aromatic heterocycles. The summed E-state index contributed by atoms with van der Waals surface area (Å²) in [6.07, 6.45) is 3.65. The molecule has 0 radical (unpaired) electrons. The lowest BCUT2D eigenvalue weighted by molar-refractivity contribution is 0.0104. The number of aliphatic hydroxyl groups is 1. The number of primary amides is 1. The number of nitrogens with two attached hydrogens (primary N) is 1. The second-order valence-corrected chi connectivity index (χ2v) is 11.4. The van der Waals surface area contributed by atoms with Gasteiger partial charge in [0, 0.05) is 47.3 Å². The van der Waals surface area contributed by atoms with Crippen LogP contribution in [-0.2, 0) is 18.4 Å². The molecule has 206 valence electrons. The summed E-state index contributed by atoms with van der Waals surface area (Å²) in [6.45, 7) is 4.05. The Labute approximate surface area is 232 Å². The van der Waals surface area contributed by atoms with Gasteiger partial charge in [0.05, 0.1) is 10.6 Å². The zero-order valence-corrected chi connectivity index (χ0v) is 22.9. The Morgan fingerprint density at radius 2 is 1.85 bits per heavy atom. The summed E-state index contributed by atoms with van der Waals surface area (Å²) in [5.41, 5.74) is 5.74. The van der Waals surface area contributed by atoms with E-state index in [-0.39, 0.29) is 39.9 Å². The molecule has 0 bridgehead atoms. The van der Waals surface area contributed by atoms with E-state index in [1.54, 1.807) is 6.92 Å². The number of rotatable bonds is 7. The van der Waals surface area contributed by atoms with E-state index in [0.29, 0.717) is 36.9 Å². The normalized spacial score (nSPS) is 24.3. The van der Waals surface area contributed by atoms with E-state index in [0.717, 1.165) is 18.4 Å². The number of hydrogen-bond acceptors (Lipinski definition) is 4. The number of aryl methyl sites for hydroxylation is 1.